The zero-order chi connectivity index (χ0) is 22.5. The van der Waals surface area contributed by atoms with E-state index < -0.39 is 12.5 Å². The highest BCUT2D eigenvalue weighted by atomic mass is 19.1. The Hall–Kier alpha value is -3.60. The van der Waals surface area contributed by atoms with Crippen molar-refractivity contribution in [2.24, 2.45) is 4.99 Å². The number of nitrogens with one attached hydrogen (secondary N) is 2. The number of aromatic amines is 1. The van der Waals surface area contributed by atoms with Gasteiger partial charge in [0.15, 0.2) is 11.6 Å². The van der Waals surface area contributed by atoms with Crippen molar-refractivity contribution in [3.8, 4) is 11.7 Å². The summed E-state index contributed by atoms with van der Waals surface area (Å²) in [5.41, 5.74) is 2.93. The van der Waals surface area contributed by atoms with E-state index in [1.165, 1.54) is 13.2 Å². The number of halogens is 1. The van der Waals surface area contributed by atoms with Crippen LogP contribution in [-0.2, 0) is 0 Å². The third-order valence-electron chi connectivity index (χ3n) is 5.38. The predicted molar refractivity (Wildman–Crippen MR) is 123 cm³/mol. The van der Waals surface area contributed by atoms with Crippen molar-refractivity contribution in [3.63, 3.8) is 0 Å². The maximum absolute atomic E-state index is 14.3. The molecular formula is C23H24BFN4O2. The molecule has 3 rings (SSSR count). The van der Waals surface area contributed by atoms with Crippen LogP contribution in [0.5, 0.6) is 5.75 Å². The number of para-hydroxylation sites is 1. The van der Waals surface area contributed by atoms with E-state index in [9.17, 15) is 14.4 Å². The number of fused-ring (bicyclic) bond motifs is 1. The molecule has 0 bridgehead atoms. The van der Waals surface area contributed by atoms with Gasteiger partial charge >= 0.3 is 6.71 Å². The average molecular weight is 418 g/mol. The summed E-state index contributed by atoms with van der Waals surface area (Å²) in [6.07, 6.45) is 4.48. The third kappa shape index (κ3) is 4.17. The van der Waals surface area contributed by atoms with Gasteiger partial charge in [0.1, 0.15) is 5.68 Å². The van der Waals surface area contributed by atoms with E-state index in [0.29, 0.717) is 47.5 Å². The molecule has 1 aliphatic heterocycles. The summed E-state index contributed by atoms with van der Waals surface area (Å²) in [6, 6.07) is 4.51. The summed E-state index contributed by atoms with van der Waals surface area (Å²) >= 11 is 0. The summed E-state index contributed by atoms with van der Waals surface area (Å²) in [5.74, 6) is 1.56. The molecule has 1 unspecified atom stereocenters. The zero-order valence-electron chi connectivity index (χ0n) is 17.7. The van der Waals surface area contributed by atoms with Crippen molar-refractivity contribution >= 4 is 35.6 Å². The summed E-state index contributed by atoms with van der Waals surface area (Å²) in [6.45, 7) is 9.30. The van der Waals surface area contributed by atoms with Gasteiger partial charge in [0.25, 0.3) is 0 Å². The molecule has 0 radical (unpaired) electrons. The van der Waals surface area contributed by atoms with Crippen molar-refractivity contribution in [1.82, 2.24) is 4.98 Å². The Labute approximate surface area is 181 Å². The molecule has 1 aromatic carbocycles. The molecule has 0 amide bonds. The first-order valence-corrected chi connectivity index (χ1v) is 9.99. The Morgan fingerprint density at radius 3 is 2.97 bits per heavy atom. The molecule has 1 aliphatic rings. The highest BCUT2D eigenvalue weighted by Gasteiger charge is 2.41. The van der Waals surface area contributed by atoms with Crippen LogP contribution in [0, 0.1) is 17.0 Å². The second-order valence-corrected chi connectivity index (χ2v) is 7.31. The largest absolute Gasteiger partial charge is 0.492 e. The smallest absolute Gasteiger partial charge is 0.351 e. The van der Waals surface area contributed by atoms with Crippen LogP contribution >= 0.6 is 0 Å². The molecular weight excluding hydrogens is 394 g/mol. The number of rotatable bonds is 8. The molecule has 0 fully saturated rings. The van der Waals surface area contributed by atoms with Crippen LogP contribution in [0.25, 0.3) is 5.57 Å². The van der Waals surface area contributed by atoms with Gasteiger partial charge in [-0.05, 0) is 49.5 Å². The SMILES string of the molecule is C=CCC1CB(C#N)C(=O)c2c1[nH]c(C(=C)CN=CC)c2Nc1cccc(F)c1OC. The predicted octanol–water partition coefficient (Wildman–Crippen LogP) is 4.96. The Bertz CT molecular complexity index is 1100. The van der Waals surface area contributed by atoms with E-state index in [1.54, 1.807) is 24.4 Å². The summed E-state index contributed by atoms with van der Waals surface area (Å²) in [5, 5.41) is 12.7. The lowest BCUT2D eigenvalue weighted by atomic mass is 9.39. The summed E-state index contributed by atoms with van der Waals surface area (Å²) in [4.78, 5) is 20.8. The molecule has 0 saturated carbocycles. The highest BCUT2D eigenvalue weighted by Crippen LogP contribution is 2.43. The second-order valence-electron chi connectivity index (χ2n) is 7.31. The molecule has 0 spiro atoms. The van der Waals surface area contributed by atoms with Gasteiger partial charge in [-0.2, -0.15) is 0 Å². The number of carbonyl (C=O) groups excluding carboxylic acids is 1. The minimum Gasteiger partial charge on any atom is -0.492 e. The molecule has 158 valence electrons. The van der Waals surface area contributed by atoms with Crippen molar-refractivity contribution in [2.45, 2.75) is 25.6 Å². The molecule has 0 aliphatic carbocycles. The van der Waals surface area contributed by atoms with E-state index in [-0.39, 0.29) is 17.4 Å². The summed E-state index contributed by atoms with van der Waals surface area (Å²) < 4.78 is 19.5. The number of nitriles is 1. The van der Waals surface area contributed by atoms with Gasteiger partial charge in [0.2, 0.25) is 0 Å². The Balaban J connectivity index is 2.22. The van der Waals surface area contributed by atoms with Crippen LogP contribution in [0.1, 0.15) is 41.0 Å². The molecule has 8 heteroatoms. The third-order valence-corrected chi connectivity index (χ3v) is 5.38. The lowest BCUT2D eigenvalue weighted by Gasteiger charge is -2.23. The molecule has 31 heavy (non-hydrogen) atoms. The summed E-state index contributed by atoms with van der Waals surface area (Å²) in [7, 11) is 1.38. The van der Waals surface area contributed by atoms with Gasteiger partial charge < -0.3 is 19.8 Å². The lowest BCUT2D eigenvalue weighted by Crippen LogP contribution is -2.32. The number of carbonyl (C=O) groups is 1. The first-order chi connectivity index (χ1) is 15.0. The minimum absolute atomic E-state index is 0.0309. The van der Waals surface area contributed by atoms with Crippen LogP contribution in [0.3, 0.4) is 0 Å². The lowest BCUT2D eigenvalue weighted by molar-refractivity contribution is 0.107. The Morgan fingerprint density at radius 1 is 1.55 bits per heavy atom. The van der Waals surface area contributed by atoms with Gasteiger partial charge in [0, 0.05) is 11.7 Å². The van der Waals surface area contributed by atoms with Crippen molar-refractivity contribution in [1.29, 1.82) is 5.26 Å². The molecule has 1 aromatic heterocycles. The number of hydrogen-bond acceptors (Lipinski definition) is 5. The maximum Gasteiger partial charge on any atom is 0.351 e. The number of nitrogens with zero attached hydrogens (tertiary/aromatic N) is 2. The fourth-order valence-electron chi connectivity index (χ4n) is 3.91. The van der Waals surface area contributed by atoms with Gasteiger partial charge in [-0.3, -0.25) is 4.99 Å². The number of ether oxygens (including phenoxy) is 1. The average Bonchev–Trinajstić information content (AvgIpc) is 3.14. The minimum atomic E-state index is -0.766. The van der Waals surface area contributed by atoms with E-state index in [1.807, 2.05) is 6.92 Å². The van der Waals surface area contributed by atoms with Crippen molar-refractivity contribution < 1.29 is 13.9 Å². The van der Waals surface area contributed by atoms with Crippen LogP contribution in [-0.4, -0.2) is 37.2 Å². The fourth-order valence-corrected chi connectivity index (χ4v) is 3.91. The molecule has 2 heterocycles. The number of aliphatic imine (C=N–C) groups is 1. The molecule has 1 atom stereocenters. The van der Waals surface area contributed by atoms with Crippen LogP contribution in [0.4, 0.5) is 15.8 Å². The number of methoxy groups -OCH3 is 1. The fraction of sp³-hybridized carbons (Fsp3) is 0.261. The highest BCUT2D eigenvalue weighted by molar-refractivity contribution is 6.98. The molecule has 6 nitrogen and oxygen atoms in total. The number of anilines is 2. The van der Waals surface area contributed by atoms with Gasteiger partial charge in [-0.1, -0.05) is 18.7 Å². The van der Waals surface area contributed by atoms with E-state index in [0.717, 1.165) is 5.69 Å². The Morgan fingerprint density at radius 2 is 2.32 bits per heavy atom. The number of benzene rings is 1. The number of aromatic nitrogens is 1. The van der Waals surface area contributed by atoms with Gasteiger partial charge in [-0.15, -0.1) is 6.58 Å². The van der Waals surface area contributed by atoms with Gasteiger partial charge in [0.05, 0.1) is 36.3 Å². The molecule has 0 saturated heterocycles. The monoisotopic (exact) mass is 418 g/mol. The first-order valence-electron chi connectivity index (χ1n) is 9.99. The van der Waals surface area contributed by atoms with E-state index in [4.69, 9.17) is 4.74 Å². The van der Waals surface area contributed by atoms with E-state index >= 15 is 0 Å². The quantitative estimate of drug-likeness (QED) is 0.360. The van der Waals surface area contributed by atoms with E-state index in [2.05, 4.69) is 34.4 Å². The van der Waals surface area contributed by atoms with Crippen LogP contribution < -0.4 is 10.1 Å². The standard InChI is InChI=1S/C23H24BFN4O2/c1-5-8-15-11-24(13-26)23(30)18-20(15)29-19(14(3)12-27-6-2)21(18)28-17-10-7-9-16(25)22(17)31-4/h5-7,9-10,15,28-29H,1,3,8,11-12H2,2,4H3. The van der Waals surface area contributed by atoms with Crippen LogP contribution in [0.15, 0.2) is 42.4 Å². The number of hydrogen-bond donors (Lipinski definition) is 2. The van der Waals surface area contributed by atoms with Crippen molar-refractivity contribution in [2.75, 3.05) is 19.0 Å². The first kappa shape index (κ1) is 22.1. The molecule has 2 N–H and O–H groups in total. The molecule has 2 aromatic rings. The van der Waals surface area contributed by atoms with Crippen molar-refractivity contribution in [3.05, 3.63) is 60.2 Å². The topological polar surface area (TPSA) is 90.3 Å². The van der Waals surface area contributed by atoms with Crippen LogP contribution in [0.2, 0.25) is 6.32 Å². The van der Waals surface area contributed by atoms with Gasteiger partial charge in [-0.25, -0.2) is 9.65 Å². The second kappa shape index (κ2) is 9.48. The maximum atomic E-state index is 14.3. The number of allylic oxidation sites excluding steroid dienone is 1. The number of H-pyrrole nitrogens is 1. The Kier molecular flexibility index (Phi) is 6.76. The zero-order valence-corrected chi connectivity index (χ0v) is 17.7. The normalized spacial score (nSPS) is 15.5.